The molecule has 1 aliphatic heterocycles. The van der Waals surface area contributed by atoms with E-state index in [0.29, 0.717) is 18.2 Å². The number of nitrogens with zero attached hydrogens (tertiary/aromatic N) is 2. The van der Waals surface area contributed by atoms with E-state index in [1.807, 2.05) is 12.1 Å². The number of aliphatic hydroxyl groups excluding tert-OH is 2. The van der Waals surface area contributed by atoms with Gasteiger partial charge in [-0.25, -0.2) is 4.39 Å². The summed E-state index contributed by atoms with van der Waals surface area (Å²) in [4.78, 5) is 6.23. The van der Waals surface area contributed by atoms with Gasteiger partial charge in [-0.05, 0) is 60.9 Å². The molecule has 1 aromatic carbocycles. The van der Waals surface area contributed by atoms with Crippen molar-refractivity contribution >= 4 is 0 Å². The van der Waals surface area contributed by atoms with E-state index in [0.717, 1.165) is 37.9 Å². The minimum atomic E-state index is -0.720. The molecule has 0 radical (unpaired) electrons. The SMILES string of the molecule is OC[C@H]1CN(C[C@H](O)c2ccc(O)cn2)C[C@H]1CCCc1ccc(F)cc1. The molecule has 3 N–H and O–H groups in total. The van der Waals surface area contributed by atoms with Crippen LogP contribution in [-0.4, -0.2) is 51.4 Å². The molecule has 0 saturated carbocycles. The van der Waals surface area contributed by atoms with Crippen LogP contribution in [0, 0.1) is 17.7 Å². The first-order valence-corrected chi connectivity index (χ1v) is 9.46. The highest BCUT2D eigenvalue weighted by Crippen LogP contribution is 2.29. The average Bonchev–Trinajstić information content (AvgIpc) is 3.05. The van der Waals surface area contributed by atoms with Crippen LogP contribution in [0.1, 0.15) is 30.2 Å². The van der Waals surface area contributed by atoms with Crippen LogP contribution in [0.3, 0.4) is 0 Å². The summed E-state index contributed by atoms with van der Waals surface area (Å²) in [7, 11) is 0. The highest BCUT2D eigenvalue weighted by Gasteiger charge is 2.32. The van der Waals surface area contributed by atoms with Crippen LogP contribution in [-0.2, 0) is 6.42 Å². The fourth-order valence-corrected chi connectivity index (χ4v) is 3.87. The molecule has 3 rings (SSSR count). The van der Waals surface area contributed by atoms with Crippen LogP contribution in [0.15, 0.2) is 42.6 Å². The lowest BCUT2D eigenvalue weighted by atomic mass is 9.91. The number of hydrogen-bond acceptors (Lipinski definition) is 5. The topological polar surface area (TPSA) is 76.8 Å². The highest BCUT2D eigenvalue weighted by molar-refractivity contribution is 5.19. The average molecular weight is 374 g/mol. The number of aromatic hydroxyl groups is 1. The number of rotatable bonds is 8. The van der Waals surface area contributed by atoms with E-state index in [4.69, 9.17) is 0 Å². The van der Waals surface area contributed by atoms with E-state index in [-0.39, 0.29) is 24.1 Å². The Kier molecular flexibility index (Phi) is 6.77. The smallest absolute Gasteiger partial charge is 0.133 e. The Morgan fingerprint density at radius 1 is 1.11 bits per heavy atom. The van der Waals surface area contributed by atoms with Gasteiger partial charge in [0.05, 0.1) is 11.9 Å². The van der Waals surface area contributed by atoms with Gasteiger partial charge in [-0.1, -0.05) is 12.1 Å². The number of likely N-dealkylation sites (tertiary alicyclic amines) is 1. The van der Waals surface area contributed by atoms with Crippen molar-refractivity contribution in [2.24, 2.45) is 11.8 Å². The number of aromatic nitrogens is 1. The van der Waals surface area contributed by atoms with Crippen molar-refractivity contribution in [1.29, 1.82) is 0 Å². The van der Waals surface area contributed by atoms with Gasteiger partial charge in [0, 0.05) is 26.2 Å². The molecular weight excluding hydrogens is 347 g/mol. The molecule has 1 saturated heterocycles. The van der Waals surface area contributed by atoms with E-state index in [1.165, 1.54) is 24.4 Å². The molecule has 1 aliphatic rings. The summed E-state index contributed by atoms with van der Waals surface area (Å²) in [6.07, 6.45) is 3.49. The molecule has 27 heavy (non-hydrogen) atoms. The monoisotopic (exact) mass is 374 g/mol. The van der Waals surface area contributed by atoms with E-state index >= 15 is 0 Å². The molecular formula is C21H27FN2O3. The summed E-state index contributed by atoms with van der Waals surface area (Å²) in [5, 5.41) is 29.4. The number of halogens is 1. The summed E-state index contributed by atoms with van der Waals surface area (Å²) in [6.45, 7) is 2.20. The fraction of sp³-hybridized carbons (Fsp3) is 0.476. The van der Waals surface area contributed by atoms with Crippen LogP contribution >= 0.6 is 0 Å². The minimum absolute atomic E-state index is 0.0775. The lowest BCUT2D eigenvalue weighted by Gasteiger charge is -2.19. The fourth-order valence-electron chi connectivity index (χ4n) is 3.87. The third-order valence-corrected chi connectivity index (χ3v) is 5.38. The van der Waals surface area contributed by atoms with Gasteiger partial charge in [0.2, 0.25) is 0 Å². The quantitative estimate of drug-likeness (QED) is 0.662. The normalized spacial score (nSPS) is 21.4. The van der Waals surface area contributed by atoms with E-state index in [1.54, 1.807) is 6.07 Å². The summed E-state index contributed by atoms with van der Waals surface area (Å²) in [5.41, 5.74) is 1.66. The first-order chi connectivity index (χ1) is 13.0. The predicted octanol–water partition coefficient (Wildman–Crippen LogP) is 2.52. The molecule has 5 nitrogen and oxygen atoms in total. The zero-order valence-corrected chi connectivity index (χ0v) is 15.3. The molecule has 0 bridgehead atoms. The standard InChI is InChI=1S/C21H27FN2O3/c22-18-6-4-15(5-7-18)2-1-3-16-11-24(12-17(16)14-25)13-21(27)20-9-8-19(26)10-23-20/h4-10,16-17,21,25-27H,1-3,11-14H2/t16-,17-,21+/m1/s1. The molecule has 2 heterocycles. The third kappa shape index (κ3) is 5.48. The van der Waals surface area contributed by atoms with Crippen LogP contribution < -0.4 is 0 Å². The van der Waals surface area contributed by atoms with E-state index in [2.05, 4.69) is 9.88 Å². The number of pyridine rings is 1. The Hall–Kier alpha value is -2.02. The Morgan fingerprint density at radius 3 is 2.52 bits per heavy atom. The van der Waals surface area contributed by atoms with Crippen LogP contribution in [0.5, 0.6) is 5.75 Å². The van der Waals surface area contributed by atoms with Gasteiger partial charge >= 0.3 is 0 Å². The molecule has 0 amide bonds. The number of benzene rings is 1. The van der Waals surface area contributed by atoms with Crippen LogP contribution in [0.4, 0.5) is 4.39 Å². The third-order valence-electron chi connectivity index (χ3n) is 5.38. The lowest BCUT2D eigenvalue weighted by Crippen LogP contribution is -2.27. The van der Waals surface area contributed by atoms with E-state index in [9.17, 15) is 19.7 Å². The van der Waals surface area contributed by atoms with E-state index < -0.39 is 6.10 Å². The zero-order chi connectivity index (χ0) is 19.2. The molecule has 0 spiro atoms. The molecule has 146 valence electrons. The van der Waals surface area contributed by atoms with Crippen molar-refractivity contribution in [1.82, 2.24) is 9.88 Å². The zero-order valence-electron chi connectivity index (χ0n) is 15.3. The summed E-state index contributed by atoms with van der Waals surface area (Å²) in [6, 6.07) is 9.76. The van der Waals surface area contributed by atoms with Gasteiger partial charge in [0.15, 0.2) is 0 Å². The molecule has 0 unspecified atom stereocenters. The van der Waals surface area contributed by atoms with Crippen molar-refractivity contribution in [2.45, 2.75) is 25.4 Å². The maximum atomic E-state index is 13.0. The second-order valence-electron chi connectivity index (χ2n) is 7.40. The maximum Gasteiger partial charge on any atom is 0.133 e. The number of aryl methyl sites for hydroxylation is 1. The maximum absolute atomic E-state index is 13.0. The van der Waals surface area contributed by atoms with Gasteiger partial charge in [0.1, 0.15) is 17.7 Å². The Bertz CT molecular complexity index is 708. The number of β-amino-alcohol motifs (C(OH)–C–C–N with tert-alkyl or cyclic N) is 1. The summed E-state index contributed by atoms with van der Waals surface area (Å²) >= 11 is 0. The largest absolute Gasteiger partial charge is 0.506 e. The Morgan fingerprint density at radius 2 is 1.85 bits per heavy atom. The summed E-state index contributed by atoms with van der Waals surface area (Å²) in [5.74, 6) is 0.453. The highest BCUT2D eigenvalue weighted by atomic mass is 19.1. The molecule has 6 heteroatoms. The molecule has 3 atom stereocenters. The second kappa shape index (κ2) is 9.26. The van der Waals surface area contributed by atoms with Gasteiger partial charge < -0.3 is 15.3 Å². The molecule has 2 aromatic rings. The number of hydrogen-bond donors (Lipinski definition) is 3. The van der Waals surface area contributed by atoms with Gasteiger partial charge in [-0.3, -0.25) is 9.88 Å². The van der Waals surface area contributed by atoms with Crippen molar-refractivity contribution in [3.8, 4) is 5.75 Å². The van der Waals surface area contributed by atoms with Crippen molar-refractivity contribution < 1.29 is 19.7 Å². The molecule has 1 fully saturated rings. The van der Waals surface area contributed by atoms with Crippen LogP contribution in [0.2, 0.25) is 0 Å². The lowest BCUT2D eigenvalue weighted by molar-refractivity contribution is 0.117. The van der Waals surface area contributed by atoms with Crippen molar-refractivity contribution in [3.63, 3.8) is 0 Å². The molecule has 1 aromatic heterocycles. The Labute approximate surface area is 159 Å². The summed E-state index contributed by atoms with van der Waals surface area (Å²) < 4.78 is 13.0. The predicted molar refractivity (Wildman–Crippen MR) is 101 cm³/mol. The van der Waals surface area contributed by atoms with Gasteiger partial charge in [-0.15, -0.1) is 0 Å². The minimum Gasteiger partial charge on any atom is -0.506 e. The van der Waals surface area contributed by atoms with Crippen molar-refractivity contribution in [2.75, 3.05) is 26.2 Å². The first-order valence-electron chi connectivity index (χ1n) is 9.46. The van der Waals surface area contributed by atoms with Crippen LogP contribution in [0.25, 0.3) is 0 Å². The Balaban J connectivity index is 1.48. The first kappa shape index (κ1) is 19.7. The van der Waals surface area contributed by atoms with Gasteiger partial charge in [-0.2, -0.15) is 0 Å². The van der Waals surface area contributed by atoms with Crippen molar-refractivity contribution in [3.05, 3.63) is 59.7 Å². The van der Waals surface area contributed by atoms with Gasteiger partial charge in [0.25, 0.3) is 0 Å². The second-order valence-corrected chi connectivity index (χ2v) is 7.40. The molecule has 0 aliphatic carbocycles. The number of aliphatic hydroxyl groups is 2.